The van der Waals surface area contributed by atoms with E-state index < -0.39 is 0 Å². The zero-order chi connectivity index (χ0) is 14.5. The summed E-state index contributed by atoms with van der Waals surface area (Å²) >= 11 is 5.49. The molecule has 1 aliphatic rings. The van der Waals surface area contributed by atoms with Crippen molar-refractivity contribution in [2.24, 2.45) is 5.92 Å². The summed E-state index contributed by atoms with van der Waals surface area (Å²) in [4.78, 5) is 0. The van der Waals surface area contributed by atoms with Crippen LogP contribution in [0, 0.1) is 5.92 Å². The van der Waals surface area contributed by atoms with Gasteiger partial charge in [-0.3, -0.25) is 0 Å². The number of anilines is 1. The van der Waals surface area contributed by atoms with Gasteiger partial charge in [0.25, 0.3) is 0 Å². The van der Waals surface area contributed by atoms with Gasteiger partial charge < -0.3 is 10.6 Å². The highest BCUT2D eigenvalue weighted by Gasteiger charge is 2.21. The molecule has 0 amide bonds. The summed E-state index contributed by atoms with van der Waals surface area (Å²) in [7, 11) is 0. The van der Waals surface area contributed by atoms with Gasteiger partial charge in [0.15, 0.2) is 5.11 Å². The Balaban J connectivity index is 1.97. The van der Waals surface area contributed by atoms with Crippen LogP contribution in [0.4, 0.5) is 5.69 Å². The van der Waals surface area contributed by atoms with Crippen LogP contribution >= 0.6 is 12.2 Å². The molecule has 0 spiro atoms. The molecule has 3 heteroatoms. The topological polar surface area (TPSA) is 24.1 Å². The molecule has 110 valence electrons. The number of rotatable bonds is 3. The van der Waals surface area contributed by atoms with E-state index in [2.05, 4.69) is 55.7 Å². The van der Waals surface area contributed by atoms with Crippen molar-refractivity contribution in [2.45, 2.75) is 58.4 Å². The highest BCUT2D eigenvalue weighted by Crippen LogP contribution is 2.25. The van der Waals surface area contributed by atoms with E-state index in [1.165, 1.54) is 31.2 Å². The Morgan fingerprint density at radius 2 is 1.90 bits per heavy atom. The van der Waals surface area contributed by atoms with Gasteiger partial charge in [0, 0.05) is 11.7 Å². The Morgan fingerprint density at radius 1 is 1.20 bits per heavy atom. The minimum absolute atomic E-state index is 0.495. The molecule has 2 N–H and O–H groups in total. The van der Waals surface area contributed by atoms with Crippen LogP contribution in [-0.2, 0) is 0 Å². The summed E-state index contributed by atoms with van der Waals surface area (Å²) in [5.41, 5.74) is 2.44. The zero-order valence-electron chi connectivity index (χ0n) is 12.8. The van der Waals surface area contributed by atoms with Crippen LogP contribution in [0.15, 0.2) is 24.3 Å². The Bertz CT molecular complexity index is 456. The van der Waals surface area contributed by atoms with Crippen molar-refractivity contribution in [1.29, 1.82) is 0 Å². The minimum atomic E-state index is 0.495. The van der Waals surface area contributed by atoms with Gasteiger partial charge in [-0.1, -0.05) is 51.8 Å². The van der Waals surface area contributed by atoms with Crippen molar-refractivity contribution >= 4 is 23.0 Å². The molecule has 0 saturated heterocycles. The lowest BCUT2D eigenvalue weighted by atomic mass is 9.86. The normalized spacial score (nSPS) is 22.6. The second kappa shape index (κ2) is 7.07. The lowest BCUT2D eigenvalue weighted by molar-refractivity contribution is 0.309. The fourth-order valence-electron chi connectivity index (χ4n) is 2.97. The molecule has 0 radical (unpaired) electrons. The van der Waals surface area contributed by atoms with Gasteiger partial charge in [0.2, 0.25) is 0 Å². The summed E-state index contributed by atoms with van der Waals surface area (Å²) < 4.78 is 0. The number of benzene rings is 1. The predicted octanol–water partition coefficient (Wildman–Crippen LogP) is 4.68. The summed E-state index contributed by atoms with van der Waals surface area (Å²) in [6.45, 7) is 6.74. The maximum absolute atomic E-state index is 5.49. The van der Waals surface area contributed by atoms with Gasteiger partial charge in [-0.25, -0.2) is 0 Å². The first kappa shape index (κ1) is 15.3. The van der Waals surface area contributed by atoms with E-state index in [4.69, 9.17) is 12.2 Å². The average Bonchev–Trinajstić information content (AvgIpc) is 2.41. The Kier molecular flexibility index (Phi) is 5.41. The first-order valence-corrected chi connectivity index (χ1v) is 8.15. The van der Waals surface area contributed by atoms with Crippen LogP contribution in [-0.4, -0.2) is 11.2 Å². The standard InChI is InChI=1S/C17H26N2S/c1-12(2)14-9-5-7-11-16(14)19-17(20)18-15-10-6-4-8-13(15)3/h5,7,9,11-13,15H,4,6,8,10H2,1-3H3,(H2,18,19,20)/t13-,15+/m0/s1. The van der Waals surface area contributed by atoms with E-state index in [9.17, 15) is 0 Å². The molecular formula is C17H26N2S. The lowest BCUT2D eigenvalue weighted by Gasteiger charge is -2.30. The average molecular weight is 290 g/mol. The molecule has 0 heterocycles. The van der Waals surface area contributed by atoms with E-state index in [1.807, 2.05) is 0 Å². The van der Waals surface area contributed by atoms with E-state index in [-0.39, 0.29) is 0 Å². The Labute approximate surface area is 128 Å². The third kappa shape index (κ3) is 3.95. The summed E-state index contributed by atoms with van der Waals surface area (Å²) in [5.74, 6) is 1.21. The molecule has 2 atom stereocenters. The van der Waals surface area contributed by atoms with Gasteiger partial charge in [0.05, 0.1) is 0 Å². The van der Waals surface area contributed by atoms with Gasteiger partial charge in [-0.2, -0.15) is 0 Å². The van der Waals surface area contributed by atoms with E-state index >= 15 is 0 Å². The smallest absolute Gasteiger partial charge is 0.171 e. The first-order valence-electron chi connectivity index (χ1n) is 7.74. The van der Waals surface area contributed by atoms with Gasteiger partial charge in [-0.15, -0.1) is 0 Å². The highest BCUT2D eigenvalue weighted by atomic mass is 32.1. The minimum Gasteiger partial charge on any atom is -0.359 e. The fraction of sp³-hybridized carbons (Fsp3) is 0.588. The number of nitrogens with one attached hydrogen (secondary N) is 2. The zero-order valence-corrected chi connectivity index (χ0v) is 13.6. The molecule has 0 aromatic heterocycles. The SMILES string of the molecule is CC(C)c1ccccc1NC(=S)N[C@@H]1CCCC[C@@H]1C. The monoisotopic (exact) mass is 290 g/mol. The molecule has 1 aliphatic carbocycles. The first-order chi connectivity index (χ1) is 9.58. The molecule has 1 saturated carbocycles. The second-order valence-electron chi connectivity index (χ2n) is 6.21. The van der Waals surface area contributed by atoms with Crippen LogP contribution in [0.25, 0.3) is 0 Å². The number of para-hydroxylation sites is 1. The molecule has 2 rings (SSSR count). The molecule has 0 unspecified atom stereocenters. The lowest BCUT2D eigenvalue weighted by Crippen LogP contribution is -2.43. The van der Waals surface area contributed by atoms with E-state index in [0.717, 1.165) is 10.8 Å². The summed E-state index contributed by atoms with van der Waals surface area (Å²) in [5, 5.41) is 7.64. The number of hydrogen-bond donors (Lipinski definition) is 2. The van der Waals surface area contributed by atoms with E-state index in [1.54, 1.807) is 0 Å². The molecule has 1 fully saturated rings. The van der Waals surface area contributed by atoms with Crippen molar-refractivity contribution in [3.63, 3.8) is 0 Å². The quantitative estimate of drug-likeness (QED) is 0.791. The summed E-state index contributed by atoms with van der Waals surface area (Å²) in [6.07, 6.45) is 5.21. The molecule has 0 bridgehead atoms. The number of hydrogen-bond acceptors (Lipinski definition) is 1. The molecular weight excluding hydrogens is 264 g/mol. The third-order valence-corrected chi connectivity index (χ3v) is 4.48. The van der Waals surface area contributed by atoms with Crippen molar-refractivity contribution in [1.82, 2.24) is 5.32 Å². The second-order valence-corrected chi connectivity index (χ2v) is 6.62. The third-order valence-electron chi connectivity index (χ3n) is 4.26. The molecule has 2 nitrogen and oxygen atoms in total. The fourth-order valence-corrected chi connectivity index (χ4v) is 3.23. The van der Waals surface area contributed by atoms with Gasteiger partial charge >= 0.3 is 0 Å². The van der Waals surface area contributed by atoms with Crippen molar-refractivity contribution in [2.75, 3.05) is 5.32 Å². The maximum atomic E-state index is 5.49. The Hall–Kier alpha value is -1.09. The van der Waals surface area contributed by atoms with Crippen LogP contribution in [0.1, 0.15) is 57.9 Å². The van der Waals surface area contributed by atoms with E-state index in [0.29, 0.717) is 17.9 Å². The predicted molar refractivity (Wildman–Crippen MR) is 91.3 cm³/mol. The van der Waals surface area contributed by atoms with Crippen LogP contribution in [0.2, 0.25) is 0 Å². The molecule has 1 aromatic carbocycles. The highest BCUT2D eigenvalue weighted by molar-refractivity contribution is 7.80. The Morgan fingerprint density at radius 3 is 2.60 bits per heavy atom. The van der Waals surface area contributed by atoms with Crippen molar-refractivity contribution in [3.8, 4) is 0 Å². The molecule has 0 aliphatic heterocycles. The summed E-state index contributed by atoms with van der Waals surface area (Å²) in [6, 6.07) is 8.93. The molecule has 1 aromatic rings. The van der Waals surface area contributed by atoms with Crippen molar-refractivity contribution in [3.05, 3.63) is 29.8 Å². The van der Waals surface area contributed by atoms with Crippen LogP contribution < -0.4 is 10.6 Å². The number of thiocarbonyl (C=S) groups is 1. The van der Waals surface area contributed by atoms with Crippen LogP contribution in [0.5, 0.6) is 0 Å². The van der Waals surface area contributed by atoms with Gasteiger partial charge in [-0.05, 0) is 48.5 Å². The van der Waals surface area contributed by atoms with Crippen molar-refractivity contribution < 1.29 is 0 Å². The molecule has 20 heavy (non-hydrogen) atoms. The maximum Gasteiger partial charge on any atom is 0.171 e. The van der Waals surface area contributed by atoms with Gasteiger partial charge in [0.1, 0.15) is 0 Å². The van der Waals surface area contributed by atoms with Crippen LogP contribution in [0.3, 0.4) is 0 Å². The largest absolute Gasteiger partial charge is 0.359 e.